The molecule has 1 aromatic carbocycles. The lowest BCUT2D eigenvalue weighted by molar-refractivity contribution is 0.0993. The van der Waals surface area contributed by atoms with Gasteiger partial charge in [-0.15, -0.1) is 17.9 Å². The van der Waals surface area contributed by atoms with Crippen molar-refractivity contribution in [3.63, 3.8) is 0 Å². The van der Waals surface area contributed by atoms with Gasteiger partial charge >= 0.3 is 0 Å². The van der Waals surface area contributed by atoms with E-state index >= 15 is 0 Å². The maximum Gasteiger partial charge on any atom is 0.268 e. The molecule has 3 heteroatoms. The second-order valence-corrected chi connectivity index (χ2v) is 5.65. The minimum Gasteiger partial charge on any atom is -0.304 e. The van der Waals surface area contributed by atoms with Gasteiger partial charge in [0, 0.05) is 17.1 Å². The van der Waals surface area contributed by atoms with E-state index in [1.165, 1.54) is 10.4 Å². The van der Waals surface area contributed by atoms with Crippen molar-refractivity contribution in [2.45, 2.75) is 13.8 Å². The maximum absolute atomic E-state index is 12.6. The minimum atomic E-state index is 0.0345. The normalized spacial score (nSPS) is 10.2. The van der Waals surface area contributed by atoms with Gasteiger partial charge < -0.3 is 4.90 Å². The Balaban J connectivity index is 2.34. The first-order chi connectivity index (χ1) is 9.13. The summed E-state index contributed by atoms with van der Waals surface area (Å²) in [5.74, 6) is 0.0345. The highest BCUT2D eigenvalue weighted by atomic mass is 32.1. The van der Waals surface area contributed by atoms with Gasteiger partial charge in [0.05, 0.1) is 4.88 Å². The van der Waals surface area contributed by atoms with E-state index < -0.39 is 0 Å². The molecule has 19 heavy (non-hydrogen) atoms. The highest BCUT2D eigenvalue weighted by Crippen LogP contribution is 2.24. The standard InChI is InChI=1S/C16H17NOS/c1-4-10-17(14-8-6-5-7-9-14)16(18)15-11-12(2)13(3)19-15/h4-9,11H,1,10H2,2-3H3. The molecular weight excluding hydrogens is 254 g/mol. The van der Waals surface area contributed by atoms with Crippen molar-refractivity contribution in [2.75, 3.05) is 11.4 Å². The largest absolute Gasteiger partial charge is 0.304 e. The molecule has 2 aromatic rings. The van der Waals surface area contributed by atoms with Crippen molar-refractivity contribution in [3.8, 4) is 0 Å². The fourth-order valence-electron chi connectivity index (χ4n) is 1.85. The molecule has 0 atom stereocenters. The minimum absolute atomic E-state index is 0.0345. The van der Waals surface area contributed by atoms with Gasteiger partial charge in [-0.05, 0) is 37.6 Å². The molecule has 0 saturated heterocycles. The van der Waals surface area contributed by atoms with Crippen molar-refractivity contribution in [2.24, 2.45) is 0 Å². The van der Waals surface area contributed by atoms with Gasteiger partial charge in [0.2, 0.25) is 0 Å². The second kappa shape index (κ2) is 5.85. The molecule has 0 N–H and O–H groups in total. The van der Waals surface area contributed by atoms with Gasteiger partial charge in [-0.3, -0.25) is 4.79 Å². The fourth-order valence-corrected chi connectivity index (χ4v) is 2.84. The summed E-state index contributed by atoms with van der Waals surface area (Å²) in [6.07, 6.45) is 1.75. The average molecular weight is 271 g/mol. The van der Waals surface area contributed by atoms with Crippen LogP contribution < -0.4 is 4.90 Å². The Morgan fingerprint density at radius 1 is 1.32 bits per heavy atom. The molecule has 0 bridgehead atoms. The molecule has 0 aliphatic carbocycles. The third-order valence-electron chi connectivity index (χ3n) is 3.00. The highest BCUT2D eigenvalue weighted by molar-refractivity contribution is 7.14. The molecule has 2 rings (SSSR count). The Hall–Kier alpha value is -1.87. The fraction of sp³-hybridized carbons (Fsp3) is 0.188. The zero-order valence-corrected chi connectivity index (χ0v) is 12.0. The lowest BCUT2D eigenvalue weighted by atomic mass is 10.2. The Kier molecular flexibility index (Phi) is 4.17. The number of carbonyl (C=O) groups excluding carboxylic acids is 1. The number of amides is 1. The van der Waals surface area contributed by atoms with Crippen molar-refractivity contribution in [1.29, 1.82) is 0 Å². The highest BCUT2D eigenvalue weighted by Gasteiger charge is 2.18. The van der Waals surface area contributed by atoms with Crippen LogP contribution in [-0.2, 0) is 0 Å². The van der Waals surface area contributed by atoms with Crippen molar-refractivity contribution in [3.05, 3.63) is 64.4 Å². The Morgan fingerprint density at radius 2 is 2.00 bits per heavy atom. The van der Waals surface area contributed by atoms with Crippen molar-refractivity contribution in [1.82, 2.24) is 0 Å². The van der Waals surface area contributed by atoms with Crippen LogP contribution in [0, 0.1) is 13.8 Å². The second-order valence-electron chi connectivity index (χ2n) is 4.39. The van der Waals surface area contributed by atoms with E-state index in [1.54, 1.807) is 22.3 Å². The third kappa shape index (κ3) is 2.93. The number of para-hydroxylation sites is 1. The van der Waals surface area contributed by atoms with Crippen LogP contribution in [0.3, 0.4) is 0 Å². The number of anilines is 1. The molecule has 0 aliphatic heterocycles. The third-order valence-corrected chi connectivity index (χ3v) is 4.14. The number of thiophene rings is 1. The maximum atomic E-state index is 12.6. The lowest BCUT2D eigenvalue weighted by Crippen LogP contribution is -2.30. The zero-order valence-electron chi connectivity index (χ0n) is 11.2. The van der Waals surface area contributed by atoms with Gasteiger partial charge in [0.15, 0.2) is 0 Å². The van der Waals surface area contributed by atoms with Crippen LogP contribution in [0.25, 0.3) is 0 Å². The van der Waals surface area contributed by atoms with E-state index in [9.17, 15) is 4.79 Å². The average Bonchev–Trinajstić information content (AvgIpc) is 2.76. The van der Waals surface area contributed by atoms with Crippen LogP contribution in [0.15, 0.2) is 49.1 Å². The van der Waals surface area contributed by atoms with E-state index in [-0.39, 0.29) is 5.91 Å². The summed E-state index contributed by atoms with van der Waals surface area (Å²) in [7, 11) is 0. The van der Waals surface area contributed by atoms with Crippen molar-refractivity contribution < 1.29 is 4.79 Å². The number of nitrogens with zero attached hydrogens (tertiary/aromatic N) is 1. The van der Waals surface area contributed by atoms with Crippen LogP contribution in [0.5, 0.6) is 0 Å². The van der Waals surface area contributed by atoms with E-state index in [0.29, 0.717) is 6.54 Å². The SMILES string of the molecule is C=CCN(C(=O)c1cc(C)c(C)s1)c1ccccc1. The molecule has 1 amide bonds. The van der Waals surface area contributed by atoms with Gasteiger partial charge in [0.25, 0.3) is 5.91 Å². The number of benzene rings is 1. The van der Waals surface area contributed by atoms with Crippen LogP contribution in [0.1, 0.15) is 20.1 Å². The molecule has 2 nitrogen and oxygen atoms in total. The van der Waals surface area contributed by atoms with Crippen LogP contribution in [0.2, 0.25) is 0 Å². The first kappa shape index (κ1) is 13.6. The summed E-state index contributed by atoms with van der Waals surface area (Å²) in [6.45, 7) is 8.32. The van der Waals surface area contributed by atoms with Crippen LogP contribution >= 0.6 is 11.3 Å². The molecule has 0 fully saturated rings. The number of rotatable bonds is 4. The molecule has 0 saturated carbocycles. The van der Waals surface area contributed by atoms with E-state index in [1.807, 2.05) is 50.2 Å². The van der Waals surface area contributed by atoms with Gasteiger partial charge in [-0.2, -0.15) is 0 Å². The molecule has 0 spiro atoms. The molecule has 0 aliphatic rings. The van der Waals surface area contributed by atoms with E-state index in [2.05, 4.69) is 6.58 Å². The number of hydrogen-bond acceptors (Lipinski definition) is 2. The van der Waals surface area contributed by atoms with Gasteiger partial charge in [-0.25, -0.2) is 0 Å². The van der Waals surface area contributed by atoms with Crippen LogP contribution in [0.4, 0.5) is 5.69 Å². The van der Waals surface area contributed by atoms with E-state index in [4.69, 9.17) is 0 Å². The zero-order chi connectivity index (χ0) is 13.8. The molecule has 1 heterocycles. The van der Waals surface area contributed by atoms with Crippen molar-refractivity contribution >= 4 is 22.9 Å². The Morgan fingerprint density at radius 3 is 2.53 bits per heavy atom. The Bertz CT molecular complexity index is 567. The molecular formula is C16H17NOS. The van der Waals surface area contributed by atoms with E-state index in [0.717, 1.165) is 10.6 Å². The summed E-state index contributed by atoms with van der Waals surface area (Å²) in [6, 6.07) is 11.7. The van der Waals surface area contributed by atoms with Gasteiger partial charge in [-0.1, -0.05) is 24.3 Å². The summed E-state index contributed by atoms with van der Waals surface area (Å²) in [5.41, 5.74) is 2.07. The first-order valence-corrected chi connectivity index (χ1v) is 7.00. The smallest absolute Gasteiger partial charge is 0.268 e. The summed E-state index contributed by atoms with van der Waals surface area (Å²) < 4.78 is 0. The molecule has 0 radical (unpaired) electrons. The molecule has 98 valence electrons. The summed E-state index contributed by atoms with van der Waals surface area (Å²) >= 11 is 1.55. The monoisotopic (exact) mass is 271 g/mol. The molecule has 0 unspecified atom stereocenters. The summed E-state index contributed by atoms with van der Waals surface area (Å²) in [4.78, 5) is 16.3. The predicted octanol–water partition coefficient (Wildman–Crippen LogP) is 4.20. The molecule has 1 aromatic heterocycles. The van der Waals surface area contributed by atoms with Crippen LogP contribution in [-0.4, -0.2) is 12.5 Å². The lowest BCUT2D eigenvalue weighted by Gasteiger charge is -2.20. The number of carbonyl (C=O) groups is 1. The predicted molar refractivity (Wildman–Crippen MR) is 82.1 cm³/mol. The number of hydrogen-bond donors (Lipinski definition) is 0. The van der Waals surface area contributed by atoms with Gasteiger partial charge in [0.1, 0.15) is 0 Å². The first-order valence-electron chi connectivity index (χ1n) is 6.18. The quantitative estimate of drug-likeness (QED) is 0.763. The Labute approximate surface area is 118 Å². The summed E-state index contributed by atoms with van der Waals surface area (Å²) in [5, 5.41) is 0. The number of aryl methyl sites for hydroxylation is 2. The topological polar surface area (TPSA) is 20.3 Å².